The number of phenols is 1. The van der Waals surface area contributed by atoms with Crippen LogP contribution >= 0.6 is 0 Å². The van der Waals surface area contributed by atoms with E-state index in [1.165, 1.54) is 11.1 Å². The molecular formula is C13H15NO. The van der Waals surface area contributed by atoms with Gasteiger partial charge in [-0.2, -0.15) is 0 Å². The van der Waals surface area contributed by atoms with Crippen molar-refractivity contribution in [2.24, 2.45) is 0 Å². The zero-order chi connectivity index (χ0) is 10.8. The van der Waals surface area contributed by atoms with Crippen LogP contribution in [0.4, 0.5) is 0 Å². The molecule has 0 heterocycles. The van der Waals surface area contributed by atoms with Crippen LogP contribution in [0.2, 0.25) is 0 Å². The van der Waals surface area contributed by atoms with Crippen LogP contribution in [0.15, 0.2) is 18.2 Å². The van der Waals surface area contributed by atoms with E-state index in [1.807, 2.05) is 19.2 Å². The summed E-state index contributed by atoms with van der Waals surface area (Å²) in [4.78, 5) is 2.16. The second-order valence-corrected chi connectivity index (χ2v) is 4.06. The molecule has 15 heavy (non-hydrogen) atoms. The third kappa shape index (κ3) is 1.84. The van der Waals surface area contributed by atoms with Crippen molar-refractivity contribution in [3.63, 3.8) is 0 Å². The Labute approximate surface area is 90.5 Å². The second-order valence-electron chi connectivity index (χ2n) is 4.06. The minimum absolute atomic E-state index is 0.342. The van der Waals surface area contributed by atoms with E-state index < -0.39 is 0 Å². The summed E-state index contributed by atoms with van der Waals surface area (Å²) in [6.45, 7) is 0.653. The summed E-state index contributed by atoms with van der Waals surface area (Å²) >= 11 is 0. The standard InChI is InChI=1S/C13H15NO/c1-3-8-14(2)13-7-5-10-4-6-11(15)9-12(10)13/h1,4,6,9,13,15H,5,7-8H2,2H3/t13-/m1/s1. The maximum atomic E-state index is 9.47. The first kappa shape index (κ1) is 10.1. The molecule has 1 aromatic rings. The number of nitrogens with zero attached hydrogens (tertiary/aromatic N) is 1. The van der Waals surface area contributed by atoms with Gasteiger partial charge in [-0.05, 0) is 43.1 Å². The van der Waals surface area contributed by atoms with E-state index in [0.29, 0.717) is 18.3 Å². The lowest BCUT2D eigenvalue weighted by Gasteiger charge is -2.22. The van der Waals surface area contributed by atoms with Gasteiger partial charge in [0.05, 0.1) is 6.54 Å². The topological polar surface area (TPSA) is 23.5 Å². The number of phenolic OH excluding ortho intramolecular Hbond substituents is 1. The van der Waals surface area contributed by atoms with Gasteiger partial charge in [0.1, 0.15) is 5.75 Å². The van der Waals surface area contributed by atoms with Crippen molar-refractivity contribution in [1.29, 1.82) is 0 Å². The number of hydrogen-bond donors (Lipinski definition) is 1. The van der Waals surface area contributed by atoms with Crippen LogP contribution in [0.3, 0.4) is 0 Å². The summed E-state index contributed by atoms with van der Waals surface area (Å²) in [5, 5.41) is 9.47. The minimum Gasteiger partial charge on any atom is -0.508 e. The minimum atomic E-state index is 0.342. The van der Waals surface area contributed by atoms with Crippen LogP contribution in [0.5, 0.6) is 5.75 Å². The molecule has 1 aliphatic rings. The SMILES string of the molecule is C#CCN(C)[C@@H]1CCc2ccc(O)cc21. The average Bonchev–Trinajstić information content (AvgIpc) is 2.60. The van der Waals surface area contributed by atoms with Crippen LogP contribution in [-0.2, 0) is 6.42 Å². The maximum absolute atomic E-state index is 9.47. The first-order valence-electron chi connectivity index (χ1n) is 5.18. The summed E-state index contributed by atoms with van der Waals surface area (Å²) in [6.07, 6.45) is 7.48. The van der Waals surface area contributed by atoms with E-state index in [1.54, 1.807) is 6.07 Å². The Balaban J connectivity index is 2.28. The molecule has 2 heteroatoms. The molecule has 0 aliphatic heterocycles. The molecule has 0 saturated carbocycles. The van der Waals surface area contributed by atoms with Crippen LogP contribution in [0, 0.1) is 12.3 Å². The van der Waals surface area contributed by atoms with Gasteiger partial charge in [-0.25, -0.2) is 0 Å². The van der Waals surface area contributed by atoms with E-state index >= 15 is 0 Å². The van der Waals surface area contributed by atoms with Gasteiger partial charge in [-0.1, -0.05) is 12.0 Å². The largest absolute Gasteiger partial charge is 0.508 e. The summed E-state index contributed by atoms with van der Waals surface area (Å²) in [5.41, 5.74) is 2.56. The Morgan fingerprint density at radius 1 is 1.60 bits per heavy atom. The van der Waals surface area contributed by atoms with Gasteiger partial charge in [0.15, 0.2) is 0 Å². The number of rotatable bonds is 2. The fourth-order valence-electron chi connectivity index (χ4n) is 2.28. The van der Waals surface area contributed by atoms with Crippen molar-refractivity contribution in [3.05, 3.63) is 29.3 Å². The predicted octanol–water partition coefficient (Wildman–Crippen LogP) is 1.94. The lowest BCUT2D eigenvalue weighted by molar-refractivity contribution is 0.274. The molecule has 0 amide bonds. The molecule has 1 atom stereocenters. The van der Waals surface area contributed by atoms with Crippen LogP contribution in [-0.4, -0.2) is 23.6 Å². The lowest BCUT2D eigenvalue weighted by atomic mass is 10.1. The molecule has 0 bridgehead atoms. The van der Waals surface area contributed by atoms with E-state index in [4.69, 9.17) is 6.42 Å². The highest BCUT2D eigenvalue weighted by molar-refractivity contribution is 5.40. The summed E-state index contributed by atoms with van der Waals surface area (Å²) < 4.78 is 0. The van der Waals surface area contributed by atoms with Crippen molar-refractivity contribution in [2.45, 2.75) is 18.9 Å². The van der Waals surface area contributed by atoms with Gasteiger partial charge in [0.25, 0.3) is 0 Å². The molecule has 2 rings (SSSR count). The first-order chi connectivity index (χ1) is 7.22. The van der Waals surface area contributed by atoms with Crippen molar-refractivity contribution in [2.75, 3.05) is 13.6 Å². The zero-order valence-electron chi connectivity index (χ0n) is 8.90. The Morgan fingerprint density at radius 2 is 2.40 bits per heavy atom. The van der Waals surface area contributed by atoms with Crippen molar-refractivity contribution >= 4 is 0 Å². The predicted molar refractivity (Wildman–Crippen MR) is 60.6 cm³/mol. The fourth-order valence-corrected chi connectivity index (χ4v) is 2.28. The van der Waals surface area contributed by atoms with E-state index in [-0.39, 0.29) is 0 Å². The van der Waals surface area contributed by atoms with E-state index in [2.05, 4.69) is 10.8 Å². The molecular weight excluding hydrogens is 186 g/mol. The molecule has 0 aromatic heterocycles. The monoisotopic (exact) mass is 201 g/mol. The van der Waals surface area contributed by atoms with Gasteiger partial charge < -0.3 is 5.11 Å². The number of terminal acetylenes is 1. The highest BCUT2D eigenvalue weighted by Gasteiger charge is 2.25. The summed E-state index contributed by atoms with van der Waals surface area (Å²) in [7, 11) is 2.03. The summed E-state index contributed by atoms with van der Waals surface area (Å²) in [6, 6.07) is 5.99. The molecule has 1 aliphatic carbocycles. The molecule has 0 spiro atoms. The zero-order valence-corrected chi connectivity index (χ0v) is 8.90. The van der Waals surface area contributed by atoms with E-state index in [0.717, 1.165) is 12.8 Å². The maximum Gasteiger partial charge on any atom is 0.115 e. The number of benzene rings is 1. The third-order valence-corrected chi connectivity index (χ3v) is 3.05. The normalized spacial score (nSPS) is 18.9. The number of hydrogen-bond acceptors (Lipinski definition) is 2. The van der Waals surface area contributed by atoms with Crippen molar-refractivity contribution in [3.8, 4) is 18.1 Å². The van der Waals surface area contributed by atoms with Gasteiger partial charge in [0, 0.05) is 6.04 Å². The van der Waals surface area contributed by atoms with Crippen molar-refractivity contribution < 1.29 is 5.11 Å². The van der Waals surface area contributed by atoms with Gasteiger partial charge in [-0.15, -0.1) is 6.42 Å². The van der Waals surface area contributed by atoms with Gasteiger partial charge >= 0.3 is 0 Å². The third-order valence-electron chi connectivity index (χ3n) is 3.05. The second kappa shape index (κ2) is 3.96. The molecule has 1 N–H and O–H groups in total. The summed E-state index contributed by atoms with van der Waals surface area (Å²) in [5.74, 6) is 3.00. The van der Waals surface area contributed by atoms with Crippen LogP contribution in [0.1, 0.15) is 23.6 Å². The molecule has 2 nitrogen and oxygen atoms in total. The fraction of sp³-hybridized carbons (Fsp3) is 0.385. The molecule has 78 valence electrons. The molecule has 0 saturated heterocycles. The Morgan fingerprint density at radius 3 is 3.13 bits per heavy atom. The van der Waals surface area contributed by atoms with Crippen LogP contribution in [0.25, 0.3) is 0 Å². The smallest absolute Gasteiger partial charge is 0.115 e. The Hall–Kier alpha value is -1.46. The Bertz CT molecular complexity index is 405. The molecule has 1 aromatic carbocycles. The van der Waals surface area contributed by atoms with E-state index in [9.17, 15) is 5.11 Å². The number of aryl methyl sites for hydroxylation is 1. The quantitative estimate of drug-likeness (QED) is 0.739. The highest BCUT2D eigenvalue weighted by Crippen LogP contribution is 2.36. The molecule has 0 fully saturated rings. The number of aromatic hydroxyl groups is 1. The van der Waals surface area contributed by atoms with Gasteiger partial charge in [-0.3, -0.25) is 4.90 Å². The Kier molecular flexibility index (Phi) is 2.66. The lowest BCUT2D eigenvalue weighted by Crippen LogP contribution is -2.23. The molecule has 0 radical (unpaired) electrons. The first-order valence-corrected chi connectivity index (χ1v) is 5.18. The highest BCUT2D eigenvalue weighted by atomic mass is 16.3. The average molecular weight is 201 g/mol. The van der Waals surface area contributed by atoms with Gasteiger partial charge in [0.2, 0.25) is 0 Å². The van der Waals surface area contributed by atoms with Crippen LogP contribution < -0.4 is 0 Å². The van der Waals surface area contributed by atoms with Crippen molar-refractivity contribution in [1.82, 2.24) is 4.90 Å². The number of fused-ring (bicyclic) bond motifs is 1. The molecule has 0 unspecified atom stereocenters.